The summed E-state index contributed by atoms with van der Waals surface area (Å²) in [7, 11) is 2.47. The maximum absolute atomic E-state index is 6.87. The van der Waals surface area contributed by atoms with Crippen molar-refractivity contribution in [2.75, 3.05) is 0 Å². The molecular weight excluding hydrogens is 790 g/mol. The second kappa shape index (κ2) is 16.3. The molecule has 1 aliphatic heterocycles. The van der Waals surface area contributed by atoms with Crippen LogP contribution in [0.2, 0.25) is 0 Å². The largest absolute Gasteiger partial charge is 0.250 e. The summed E-state index contributed by atoms with van der Waals surface area (Å²) in [5, 5.41) is 10.3. The second-order valence-electron chi connectivity index (χ2n) is 13.4. The van der Waals surface area contributed by atoms with Crippen molar-refractivity contribution in [1.29, 1.82) is 0 Å². The highest BCUT2D eigenvalue weighted by molar-refractivity contribution is 8.55. The van der Waals surface area contributed by atoms with Gasteiger partial charge in [-0.15, -0.1) is 0 Å². The van der Waals surface area contributed by atoms with Crippen LogP contribution in [0.25, 0.3) is 0 Å². The van der Waals surface area contributed by atoms with Crippen molar-refractivity contribution in [3.8, 4) is 0 Å². The normalized spacial score (nSPS) is 16.9. The third kappa shape index (κ3) is 6.79. The Hall–Kier alpha value is -4.32. The van der Waals surface area contributed by atoms with Gasteiger partial charge < -0.3 is 0 Å². The van der Waals surface area contributed by atoms with Crippen LogP contribution >= 0.6 is 42.0 Å². The first kappa shape index (κ1) is 37.3. The van der Waals surface area contributed by atoms with Gasteiger partial charge in [0.2, 0.25) is 0 Å². The molecule has 0 unspecified atom stereocenters. The van der Waals surface area contributed by atoms with E-state index in [0.29, 0.717) is 0 Å². The van der Waals surface area contributed by atoms with Gasteiger partial charge in [0, 0.05) is 42.4 Å². The fourth-order valence-corrected chi connectivity index (χ4v) is 54.4. The molecule has 0 atom stereocenters. The smallest absolute Gasteiger partial charge is 0.0805 e. The molecule has 0 spiro atoms. The van der Waals surface area contributed by atoms with Gasteiger partial charge in [0.25, 0.3) is 0 Å². The SMILES string of the molecule is c1ccc(P2(c3ccccc3)=NP(c3ccccc3)(c3ccccc3)=PP(c3ccccc3)(c3ccccc3)=NP(c3ccccc3)(c3ccccc3)=P2)cc1. The zero-order valence-electron chi connectivity index (χ0n) is 30.7. The van der Waals surface area contributed by atoms with E-state index in [2.05, 4.69) is 243 Å². The van der Waals surface area contributed by atoms with Gasteiger partial charge in [-0.1, -0.05) is 243 Å². The predicted molar refractivity (Wildman–Crippen MR) is 255 cm³/mol. The Balaban J connectivity index is 1.67. The molecule has 0 bridgehead atoms. The van der Waals surface area contributed by atoms with Gasteiger partial charge in [0.15, 0.2) is 0 Å². The van der Waals surface area contributed by atoms with E-state index < -0.39 is 26.9 Å². The molecule has 56 heavy (non-hydrogen) atoms. The van der Waals surface area contributed by atoms with Crippen molar-refractivity contribution in [2.24, 2.45) is 9.03 Å². The molecule has 0 N–H and O–H groups in total. The van der Waals surface area contributed by atoms with Crippen molar-refractivity contribution in [2.45, 2.75) is 0 Å². The highest BCUT2D eigenvalue weighted by atomic mass is 32.3. The van der Waals surface area contributed by atoms with Gasteiger partial charge in [0.05, 0.1) is 26.9 Å². The summed E-state index contributed by atoms with van der Waals surface area (Å²) in [6.07, 6.45) is 0. The third-order valence-electron chi connectivity index (χ3n) is 9.97. The van der Waals surface area contributed by atoms with Crippen molar-refractivity contribution in [3.63, 3.8) is 0 Å². The van der Waals surface area contributed by atoms with Gasteiger partial charge in [-0.3, -0.25) is 9.03 Å². The van der Waals surface area contributed by atoms with Gasteiger partial charge in [-0.25, -0.2) is 0 Å². The molecule has 8 heteroatoms. The molecule has 272 valence electrons. The van der Waals surface area contributed by atoms with E-state index in [1.807, 2.05) is 0 Å². The van der Waals surface area contributed by atoms with Crippen LogP contribution in [0.1, 0.15) is 0 Å². The zero-order valence-corrected chi connectivity index (χ0v) is 36.0. The number of benzene rings is 8. The average Bonchev–Trinajstić information content (AvgIpc) is 3.29. The lowest BCUT2D eigenvalue weighted by Gasteiger charge is -2.39. The van der Waals surface area contributed by atoms with Crippen molar-refractivity contribution >= 4 is 84.4 Å². The van der Waals surface area contributed by atoms with Crippen LogP contribution in [0.4, 0.5) is 0 Å². The van der Waals surface area contributed by atoms with Gasteiger partial charge in [0.1, 0.15) is 0 Å². The highest BCUT2D eigenvalue weighted by Crippen LogP contribution is 2.87. The highest BCUT2D eigenvalue weighted by Gasteiger charge is 2.41. The molecule has 9 rings (SSSR count). The summed E-state index contributed by atoms with van der Waals surface area (Å²) in [6.45, 7) is -10.8. The number of nitrogens with zero attached hydrogens (tertiary/aromatic N) is 2. The molecule has 0 aliphatic carbocycles. The molecule has 1 aliphatic rings. The Kier molecular flexibility index (Phi) is 10.8. The fraction of sp³-hybridized carbons (Fsp3) is 0. The van der Waals surface area contributed by atoms with Crippen LogP contribution in [0.5, 0.6) is 0 Å². The van der Waals surface area contributed by atoms with E-state index in [0.717, 1.165) is 0 Å². The van der Waals surface area contributed by atoms with E-state index in [1.54, 1.807) is 0 Å². The summed E-state index contributed by atoms with van der Waals surface area (Å²) in [6, 6.07) is 90.1. The van der Waals surface area contributed by atoms with Gasteiger partial charge in [-0.2, -0.15) is 0 Å². The number of hydrogen-bond donors (Lipinski definition) is 0. The quantitative estimate of drug-likeness (QED) is 0.136. The number of rotatable bonds is 8. The van der Waals surface area contributed by atoms with E-state index >= 15 is 0 Å². The first-order valence-corrected chi connectivity index (χ1v) is 30.3. The minimum absolute atomic E-state index is 1.24. The molecule has 0 aromatic heterocycles. The second-order valence-corrected chi connectivity index (χ2v) is 35.4. The summed E-state index contributed by atoms with van der Waals surface area (Å²) in [5.74, 6) is 0. The lowest BCUT2D eigenvalue weighted by molar-refractivity contribution is 1.72. The van der Waals surface area contributed by atoms with Gasteiger partial charge >= 0.3 is 0 Å². The van der Waals surface area contributed by atoms with Crippen molar-refractivity contribution < 1.29 is 0 Å². The van der Waals surface area contributed by atoms with Crippen LogP contribution < -0.4 is 42.4 Å². The monoisotopic (exact) mass is 830 g/mol. The van der Waals surface area contributed by atoms with Crippen LogP contribution in [0.3, 0.4) is 0 Å². The van der Waals surface area contributed by atoms with Crippen LogP contribution in [0.15, 0.2) is 252 Å². The lowest BCUT2D eigenvalue weighted by atomic mass is 10.4. The Morgan fingerprint density at radius 2 is 0.375 bits per heavy atom. The molecule has 0 saturated carbocycles. The summed E-state index contributed by atoms with van der Waals surface area (Å²) in [5.41, 5.74) is 0. The molecule has 0 saturated heterocycles. The molecule has 0 fully saturated rings. The van der Waals surface area contributed by atoms with E-state index in [-0.39, 0.29) is 0 Å². The minimum atomic E-state index is -2.70. The Labute approximate surface area is 334 Å². The number of hydrogen-bond acceptors (Lipinski definition) is 2. The van der Waals surface area contributed by atoms with E-state index in [1.165, 1.54) is 57.5 Å². The van der Waals surface area contributed by atoms with Gasteiger partial charge in [-0.05, 0) is 15.1 Å². The lowest BCUT2D eigenvalue weighted by Crippen LogP contribution is -2.21. The third-order valence-corrected chi connectivity index (χ3v) is 44.1. The predicted octanol–water partition coefficient (Wildman–Crippen LogP) is 12.4. The van der Waals surface area contributed by atoms with Crippen LogP contribution in [-0.4, -0.2) is 0 Å². The molecule has 0 radical (unpaired) electrons. The molecule has 8 aromatic rings. The molecular formula is C48H40N2P6. The molecule has 2 nitrogen and oxygen atoms in total. The molecule has 1 heterocycles. The fourth-order valence-electron chi connectivity index (χ4n) is 7.33. The van der Waals surface area contributed by atoms with E-state index in [4.69, 9.17) is 9.03 Å². The summed E-state index contributed by atoms with van der Waals surface area (Å²) in [4.78, 5) is 0. The Morgan fingerprint density at radius 1 is 0.214 bits per heavy atom. The average molecular weight is 831 g/mol. The van der Waals surface area contributed by atoms with Crippen LogP contribution in [-0.2, 0) is 0 Å². The summed E-state index contributed by atoms with van der Waals surface area (Å²) < 4.78 is 13.7. The molecule has 0 amide bonds. The summed E-state index contributed by atoms with van der Waals surface area (Å²) >= 11 is 0. The first-order valence-electron chi connectivity index (χ1n) is 18.7. The first-order chi connectivity index (χ1) is 27.7. The van der Waals surface area contributed by atoms with E-state index in [9.17, 15) is 0 Å². The zero-order chi connectivity index (χ0) is 37.7. The minimum Gasteiger partial charge on any atom is -0.250 e. The topological polar surface area (TPSA) is 24.7 Å². The Morgan fingerprint density at radius 3 is 0.554 bits per heavy atom. The van der Waals surface area contributed by atoms with Crippen LogP contribution in [0, 0.1) is 0 Å². The van der Waals surface area contributed by atoms with Crippen molar-refractivity contribution in [1.82, 2.24) is 0 Å². The standard InChI is InChI=1S/C48H40N2P6/c1-9-25-41(26-10-1)53(42-27-11-2-12-28-42)49-54(43-29-13-3-14-30-43,44-31-15-4-16-32-44)52-56(47-37-21-7-22-38-47,48-39-23-8-24-40-48)50-55(51-53,45-33-17-5-18-34-45)46-35-19-6-20-36-46/h1-40H. The maximum atomic E-state index is 6.87. The Bertz CT molecular complexity index is 2210. The molecule has 8 aromatic carbocycles. The maximum Gasteiger partial charge on any atom is 0.0805 e. The van der Waals surface area contributed by atoms with Crippen molar-refractivity contribution in [3.05, 3.63) is 243 Å².